The molecule has 0 bridgehead atoms. The van der Waals surface area contributed by atoms with Crippen LogP contribution < -0.4 is 4.74 Å². The maximum Gasteiger partial charge on any atom is 0.223 e. The van der Waals surface area contributed by atoms with Crippen LogP contribution in [0.1, 0.15) is 36.7 Å². The number of H-pyrrole nitrogens is 1. The van der Waals surface area contributed by atoms with Crippen molar-refractivity contribution in [3.63, 3.8) is 0 Å². The van der Waals surface area contributed by atoms with Gasteiger partial charge in [0.15, 0.2) is 0 Å². The maximum atomic E-state index is 12.8. The minimum Gasteiger partial charge on any atom is -0.497 e. The van der Waals surface area contributed by atoms with E-state index < -0.39 is 0 Å². The summed E-state index contributed by atoms with van der Waals surface area (Å²) in [7, 11) is 1.67. The summed E-state index contributed by atoms with van der Waals surface area (Å²) in [5.74, 6) is 1.91. The van der Waals surface area contributed by atoms with Gasteiger partial charge in [-0.1, -0.05) is 24.3 Å². The molecule has 1 aliphatic heterocycles. The van der Waals surface area contributed by atoms with Crippen LogP contribution in [0.15, 0.2) is 48.5 Å². The van der Waals surface area contributed by atoms with E-state index in [-0.39, 0.29) is 11.9 Å². The summed E-state index contributed by atoms with van der Waals surface area (Å²) in [6, 6.07) is 16.2. The number of para-hydroxylation sites is 2. The van der Waals surface area contributed by atoms with Crippen molar-refractivity contribution in [3.05, 3.63) is 59.9 Å². The smallest absolute Gasteiger partial charge is 0.223 e. The summed E-state index contributed by atoms with van der Waals surface area (Å²) in [5.41, 5.74) is 3.15. The van der Waals surface area contributed by atoms with E-state index in [1.165, 1.54) is 5.56 Å². The zero-order chi connectivity index (χ0) is 17.9. The van der Waals surface area contributed by atoms with Gasteiger partial charge in [-0.15, -0.1) is 0 Å². The van der Waals surface area contributed by atoms with Crippen LogP contribution in [-0.4, -0.2) is 34.4 Å². The van der Waals surface area contributed by atoms with Crippen molar-refractivity contribution in [2.75, 3.05) is 13.7 Å². The first-order valence-electron chi connectivity index (χ1n) is 9.11. The van der Waals surface area contributed by atoms with Crippen molar-refractivity contribution in [1.29, 1.82) is 0 Å². The molecular weight excluding hydrogens is 326 g/mol. The Balaban J connectivity index is 1.42. The summed E-state index contributed by atoms with van der Waals surface area (Å²) in [6.45, 7) is 0.829. The number of imidazole rings is 1. The molecule has 1 fully saturated rings. The third-order valence-electron chi connectivity index (χ3n) is 5.09. The van der Waals surface area contributed by atoms with E-state index in [0.29, 0.717) is 12.8 Å². The summed E-state index contributed by atoms with van der Waals surface area (Å²) in [4.78, 5) is 22.7. The third kappa shape index (κ3) is 3.29. The number of ether oxygens (including phenoxy) is 1. The summed E-state index contributed by atoms with van der Waals surface area (Å²) in [5, 5.41) is 0. The number of rotatable bonds is 5. The number of aryl methyl sites for hydroxylation is 1. The first kappa shape index (κ1) is 16.6. The Hall–Kier alpha value is -2.82. The molecule has 1 amide bonds. The number of fused-ring (bicyclic) bond motifs is 1. The summed E-state index contributed by atoms with van der Waals surface area (Å²) in [6.07, 6.45) is 3.18. The lowest BCUT2D eigenvalue weighted by Crippen LogP contribution is -2.30. The van der Waals surface area contributed by atoms with Crippen molar-refractivity contribution in [2.45, 2.75) is 31.7 Å². The zero-order valence-corrected chi connectivity index (χ0v) is 14.9. The average molecular weight is 349 g/mol. The van der Waals surface area contributed by atoms with E-state index in [2.05, 4.69) is 22.1 Å². The minimum atomic E-state index is 0.170. The number of amides is 1. The molecule has 0 spiro atoms. The number of methoxy groups -OCH3 is 1. The highest BCUT2D eigenvalue weighted by atomic mass is 16.5. The highest BCUT2D eigenvalue weighted by molar-refractivity contribution is 5.78. The number of carbonyl (C=O) groups is 1. The van der Waals surface area contributed by atoms with Gasteiger partial charge < -0.3 is 14.6 Å². The fourth-order valence-corrected chi connectivity index (χ4v) is 3.73. The summed E-state index contributed by atoms with van der Waals surface area (Å²) < 4.78 is 5.23. The van der Waals surface area contributed by atoms with E-state index in [9.17, 15) is 4.79 Å². The Morgan fingerprint density at radius 2 is 2.04 bits per heavy atom. The Bertz CT molecular complexity index is 868. The van der Waals surface area contributed by atoms with Crippen molar-refractivity contribution in [2.24, 2.45) is 0 Å². The Labute approximate surface area is 153 Å². The highest BCUT2D eigenvalue weighted by Gasteiger charge is 2.29. The van der Waals surface area contributed by atoms with Crippen molar-refractivity contribution >= 4 is 16.9 Å². The van der Waals surface area contributed by atoms with Gasteiger partial charge in [-0.3, -0.25) is 4.79 Å². The molecule has 1 N–H and O–H groups in total. The molecule has 134 valence electrons. The maximum absolute atomic E-state index is 12.8. The number of hydrogen-bond acceptors (Lipinski definition) is 3. The fraction of sp³-hybridized carbons (Fsp3) is 0.333. The monoisotopic (exact) mass is 349 g/mol. The molecule has 2 heterocycles. The minimum absolute atomic E-state index is 0.170. The van der Waals surface area contributed by atoms with Crippen molar-refractivity contribution in [1.82, 2.24) is 14.9 Å². The van der Waals surface area contributed by atoms with Gasteiger partial charge in [0.2, 0.25) is 5.91 Å². The van der Waals surface area contributed by atoms with Gasteiger partial charge in [0, 0.05) is 19.4 Å². The van der Waals surface area contributed by atoms with Crippen molar-refractivity contribution in [3.8, 4) is 5.75 Å². The Morgan fingerprint density at radius 3 is 2.81 bits per heavy atom. The van der Waals surface area contributed by atoms with Gasteiger partial charge in [0.05, 0.1) is 24.2 Å². The normalized spacial score (nSPS) is 17.0. The molecule has 5 nitrogen and oxygen atoms in total. The average Bonchev–Trinajstić information content (AvgIpc) is 3.33. The predicted octanol–water partition coefficient (Wildman–Crippen LogP) is 3.87. The second-order valence-electron chi connectivity index (χ2n) is 6.72. The van der Waals surface area contributed by atoms with E-state index in [1.54, 1.807) is 7.11 Å². The van der Waals surface area contributed by atoms with Gasteiger partial charge in [-0.2, -0.15) is 0 Å². The number of aromatic amines is 1. The molecule has 1 saturated heterocycles. The number of nitrogens with one attached hydrogen (secondary N) is 1. The zero-order valence-electron chi connectivity index (χ0n) is 14.9. The van der Waals surface area contributed by atoms with Crippen LogP contribution in [0.3, 0.4) is 0 Å². The molecule has 4 rings (SSSR count). The quantitative estimate of drug-likeness (QED) is 0.761. The van der Waals surface area contributed by atoms with Crippen LogP contribution in [0, 0.1) is 0 Å². The first-order chi connectivity index (χ1) is 12.7. The van der Waals surface area contributed by atoms with Crippen LogP contribution in [0.5, 0.6) is 5.75 Å². The molecule has 1 aromatic heterocycles. The fourth-order valence-electron chi connectivity index (χ4n) is 3.73. The van der Waals surface area contributed by atoms with Crippen LogP contribution in [0.25, 0.3) is 11.0 Å². The van der Waals surface area contributed by atoms with E-state index in [1.807, 2.05) is 41.3 Å². The molecule has 2 aromatic carbocycles. The molecule has 3 aromatic rings. The standard InChI is InChI=1S/C21H23N3O2/c1-26-16-10-8-15(9-11-16)19-7-4-14-24(19)21(25)13-12-20-22-17-5-2-3-6-18(17)23-20/h2-3,5-6,8-11,19H,4,7,12-14H2,1H3,(H,22,23). The summed E-state index contributed by atoms with van der Waals surface area (Å²) >= 11 is 0. The predicted molar refractivity (Wildman–Crippen MR) is 101 cm³/mol. The lowest BCUT2D eigenvalue weighted by molar-refractivity contribution is -0.132. The molecule has 1 unspecified atom stereocenters. The Morgan fingerprint density at radius 1 is 1.23 bits per heavy atom. The molecule has 0 saturated carbocycles. The topological polar surface area (TPSA) is 58.2 Å². The van der Waals surface area contributed by atoms with E-state index >= 15 is 0 Å². The van der Waals surface area contributed by atoms with E-state index in [4.69, 9.17) is 4.74 Å². The largest absolute Gasteiger partial charge is 0.497 e. The van der Waals surface area contributed by atoms with Gasteiger partial charge in [-0.05, 0) is 42.7 Å². The molecule has 5 heteroatoms. The lowest BCUT2D eigenvalue weighted by atomic mass is 10.0. The van der Waals surface area contributed by atoms with Gasteiger partial charge in [0.1, 0.15) is 11.6 Å². The molecule has 1 atom stereocenters. The van der Waals surface area contributed by atoms with Gasteiger partial charge in [-0.25, -0.2) is 4.98 Å². The molecule has 0 radical (unpaired) electrons. The molecule has 1 aliphatic rings. The van der Waals surface area contributed by atoms with E-state index in [0.717, 1.165) is 42.0 Å². The number of likely N-dealkylation sites (tertiary alicyclic amines) is 1. The number of nitrogens with zero attached hydrogens (tertiary/aromatic N) is 2. The van der Waals surface area contributed by atoms with Crippen LogP contribution >= 0.6 is 0 Å². The first-order valence-corrected chi connectivity index (χ1v) is 9.11. The van der Waals surface area contributed by atoms with Crippen molar-refractivity contribution < 1.29 is 9.53 Å². The van der Waals surface area contributed by atoms with Gasteiger partial charge >= 0.3 is 0 Å². The van der Waals surface area contributed by atoms with Gasteiger partial charge in [0.25, 0.3) is 0 Å². The molecule has 26 heavy (non-hydrogen) atoms. The third-order valence-corrected chi connectivity index (χ3v) is 5.09. The van der Waals surface area contributed by atoms with Crippen LogP contribution in [0.2, 0.25) is 0 Å². The van der Waals surface area contributed by atoms with Crippen LogP contribution in [-0.2, 0) is 11.2 Å². The Kier molecular flexibility index (Phi) is 4.61. The number of aromatic nitrogens is 2. The molecular formula is C21H23N3O2. The number of hydrogen-bond donors (Lipinski definition) is 1. The van der Waals surface area contributed by atoms with Crippen LogP contribution in [0.4, 0.5) is 0 Å². The number of carbonyl (C=O) groups excluding carboxylic acids is 1. The second-order valence-corrected chi connectivity index (χ2v) is 6.72. The number of benzene rings is 2. The highest BCUT2D eigenvalue weighted by Crippen LogP contribution is 2.33. The lowest BCUT2D eigenvalue weighted by Gasteiger charge is -2.25. The SMILES string of the molecule is COc1ccc(C2CCCN2C(=O)CCc2nc3ccccc3[nH]2)cc1. The second kappa shape index (κ2) is 7.20. The molecule has 0 aliphatic carbocycles.